The number of benzene rings is 2. The van der Waals surface area contributed by atoms with Gasteiger partial charge < -0.3 is 0 Å². The number of aromatic nitrogens is 3. The fourth-order valence-electron chi connectivity index (χ4n) is 3.97. The SMILES string of the molecule is Oc1ccc(Cc2nc3c([Se]C4CCCC4)nc(-c4ccccc4)cn3c2O)cc1. The molecule has 1 saturated carbocycles. The van der Waals surface area contributed by atoms with Crippen LogP contribution in [0, 0.1) is 0 Å². The van der Waals surface area contributed by atoms with Gasteiger partial charge in [-0.15, -0.1) is 0 Å². The first kappa shape index (κ1) is 19.2. The Labute approximate surface area is 181 Å². The second-order valence-corrected chi connectivity index (χ2v) is 10.4. The van der Waals surface area contributed by atoms with Gasteiger partial charge in [0.05, 0.1) is 0 Å². The molecule has 5 rings (SSSR count). The minimum absolute atomic E-state index is 0.168. The quantitative estimate of drug-likeness (QED) is 0.437. The van der Waals surface area contributed by atoms with Crippen molar-refractivity contribution < 1.29 is 10.2 Å². The number of rotatable bonds is 5. The van der Waals surface area contributed by atoms with Crippen LogP contribution in [0.4, 0.5) is 0 Å². The van der Waals surface area contributed by atoms with Gasteiger partial charge in [-0.25, -0.2) is 0 Å². The molecule has 5 nitrogen and oxygen atoms in total. The number of aromatic hydroxyl groups is 2. The summed E-state index contributed by atoms with van der Waals surface area (Å²) in [5.74, 6) is 0.400. The maximum absolute atomic E-state index is 11.0. The molecule has 0 bridgehead atoms. The molecule has 1 aliphatic rings. The third-order valence-corrected chi connectivity index (χ3v) is 8.31. The van der Waals surface area contributed by atoms with Gasteiger partial charge in [-0.3, -0.25) is 0 Å². The van der Waals surface area contributed by atoms with Crippen LogP contribution in [0.5, 0.6) is 11.6 Å². The van der Waals surface area contributed by atoms with Crippen molar-refractivity contribution in [2.45, 2.75) is 36.9 Å². The van der Waals surface area contributed by atoms with Gasteiger partial charge in [-0.05, 0) is 0 Å². The van der Waals surface area contributed by atoms with Gasteiger partial charge in [0.15, 0.2) is 0 Å². The zero-order valence-electron chi connectivity index (χ0n) is 16.5. The summed E-state index contributed by atoms with van der Waals surface area (Å²) in [5, 5.41) is 20.5. The Balaban J connectivity index is 1.60. The minimum atomic E-state index is 0.168. The van der Waals surface area contributed by atoms with E-state index in [2.05, 4.69) is 0 Å². The van der Waals surface area contributed by atoms with E-state index in [1.54, 1.807) is 16.5 Å². The summed E-state index contributed by atoms with van der Waals surface area (Å²) < 4.78 is 2.82. The van der Waals surface area contributed by atoms with E-state index < -0.39 is 0 Å². The number of phenols is 1. The van der Waals surface area contributed by atoms with Gasteiger partial charge >= 0.3 is 182 Å². The Kier molecular flexibility index (Phi) is 5.19. The van der Waals surface area contributed by atoms with Gasteiger partial charge in [-0.2, -0.15) is 0 Å². The van der Waals surface area contributed by atoms with E-state index in [1.165, 1.54) is 25.7 Å². The molecule has 1 fully saturated rings. The van der Waals surface area contributed by atoms with Crippen LogP contribution in [0.2, 0.25) is 4.82 Å². The van der Waals surface area contributed by atoms with E-state index in [1.807, 2.05) is 48.7 Å². The molecule has 1 aliphatic carbocycles. The fraction of sp³-hybridized carbons (Fsp3) is 0.250. The van der Waals surface area contributed by atoms with Crippen molar-refractivity contribution >= 4 is 25.2 Å². The van der Waals surface area contributed by atoms with E-state index in [0.717, 1.165) is 27.1 Å². The predicted octanol–water partition coefficient (Wildman–Crippen LogP) is 4.09. The second-order valence-electron chi connectivity index (χ2n) is 7.74. The van der Waals surface area contributed by atoms with Crippen molar-refractivity contribution in [2.24, 2.45) is 0 Å². The van der Waals surface area contributed by atoms with Gasteiger partial charge in [0.2, 0.25) is 0 Å². The van der Waals surface area contributed by atoms with Gasteiger partial charge in [-0.1, -0.05) is 0 Å². The zero-order valence-corrected chi connectivity index (χ0v) is 18.2. The average molecular weight is 464 g/mol. The van der Waals surface area contributed by atoms with Crippen molar-refractivity contribution in [1.29, 1.82) is 0 Å². The van der Waals surface area contributed by atoms with Crippen LogP contribution in [0.3, 0.4) is 0 Å². The van der Waals surface area contributed by atoms with Gasteiger partial charge in [0, 0.05) is 0 Å². The molecule has 0 radical (unpaired) electrons. The maximum atomic E-state index is 11.0. The molecule has 4 aromatic rings. The Hall–Kier alpha value is -2.82. The topological polar surface area (TPSA) is 70.7 Å². The number of imidazole rings is 1. The molecule has 0 spiro atoms. The Bertz CT molecular complexity index is 1170. The summed E-state index contributed by atoms with van der Waals surface area (Å²) in [7, 11) is 0. The molecule has 2 N–H and O–H groups in total. The van der Waals surface area contributed by atoms with Crippen molar-refractivity contribution in [3.8, 4) is 22.9 Å². The van der Waals surface area contributed by atoms with Gasteiger partial charge in [0.1, 0.15) is 0 Å². The van der Waals surface area contributed by atoms with Crippen molar-refractivity contribution in [2.75, 3.05) is 0 Å². The van der Waals surface area contributed by atoms with Crippen LogP contribution < -0.4 is 4.59 Å². The molecule has 0 atom stereocenters. The molecule has 2 heterocycles. The predicted molar refractivity (Wildman–Crippen MR) is 119 cm³/mol. The third kappa shape index (κ3) is 3.81. The molecule has 0 amide bonds. The van der Waals surface area contributed by atoms with E-state index >= 15 is 0 Å². The third-order valence-electron chi connectivity index (χ3n) is 5.58. The molecule has 152 valence electrons. The van der Waals surface area contributed by atoms with Crippen LogP contribution in [-0.2, 0) is 6.42 Å². The molecule has 0 aliphatic heterocycles. The second kappa shape index (κ2) is 8.13. The first-order valence-electron chi connectivity index (χ1n) is 10.3. The summed E-state index contributed by atoms with van der Waals surface area (Å²) in [6, 6.07) is 17.1. The molecule has 0 saturated heterocycles. The Morgan fingerprint density at radius 3 is 2.40 bits per heavy atom. The van der Waals surface area contributed by atoms with E-state index in [-0.39, 0.29) is 26.6 Å². The van der Waals surface area contributed by atoms with E-state index in [0.29, 0.717) is 16.9 Å². The summed E-state index contributed by atoms with van der Waals surface area (Å²) in [6.45, 7) is 0. The summed E-state index contributed by atoms with van der Waals surface area (Å²) in [5.41, 5.74) is 4.30. The molecule has 2 aromatic heterocycles. The molecule has 2 aromatic carbocycles. The molecular formula is C24H23N3O2Se. The van der Waals surface area contributed by atoms with E-state index in [4.69, 9.17) is 9.97 Å². The number of phenolic OH excluding ortho intramolecular Hbond substituents is 1. The van der Waals surface area contributed by atoms with Crippen molar-refractivity contribution in [3.05, 3.63) is 72.1 Å². The Morgan fingerprint density at radius 2 is 1.67 bits per heavy atom. The van der Waals surface area contributed by atoms with Crippen LogP contribution in [0.15, 0.2) is 60.8 Å². The molecule has 30 heavy (non-hydrogen) atoms. The molecular weight excluding hydrogens is 441 g/mol. The first-order valence-corrected chi connectivity index (χ1v) is 12.1. The monoisotopic (exact) mass is 465 g/mol. The summed E-state index contributed by atoms with van der Waals surface area (Å²) in [4.78, 5) is 10.5. The average Bonchev–Trinajstić information content (AvgIpc) is 3.39. The van der Waals surface area contributed by atoms with Gasteiger partial charge in [0.25, 0.3) is 0 Å². The summed E-state index contributed by atoms with van der Waals surface area (Å²) in [6.07, 6.45) is 7.51. The number of nitrogens with zero attached hydrogens (tertiary/aromatic N) is 3. The Morgan fingerprint density at radius 1 is 0.933 bits per heavy atom. The van der Waals surface area contributed by atoms with Crippen LogP contribution in [0.25, 0.3) is 16.9 Å². The zero-order chi connectivity index (χ0) is 20.5. The summed E-state index contributed by atoms with van der Waals surface area (Å²) >= 11 is 0.218. The van der Waals surface area contributed by atoms with Crippen molar-refractivity contribution in [3.63, 3.8) is 0 Å². The number of fused-ring (bicyclic) bond motifs is 1. The molecule has 0 unspecified atom stereocenters. The normalized spacial score (nSPS) is 14.5. The first-order chi connectivity index (χ1) is 14.7. The molecule has 6 heteroatoms. The number of hydrogen-bond donors (Lipinski definition) is 2. The van der Waals surface area contributed by atoms with Crippen LogP contribution >= 0.6 is 0 Å². The van der Waals surface area contributed by atoms with Crippen molar-refractivity contribution in [1.82, 2.24) is 14.4 Å². The fourth-order valence-corrected chi connectivity index (χ4v) is 6.67. The van der Waals surface area contributed by atoms with Crippen LogP contribution in [-0.4, -0.2) is 39.5 Å². The number of hydrogen-bond acceptors (Lipinski definition) is 4. The van der Waals surface area contributed by atoms with Crippen LogP contribution in [0.1, 0.15) is 36.9 Å². The van der Waals surface area contributed by atoms with E-state index in [9.17, 15) is 10.2 Å². The standard InChI is InChI=1S/C24H23N3O2Se/c28-18-12-10-16(11-13-18)14-20-24(29)27-15-21(17-6-2-1-3-7-17)26-23(22(27)25-20)30-19-8-4-5-9-19/h1-3,6-7,10-13,15,19,28-29H,4-5,8-9,14H2.